The second-order valence-corrected chi connectivity index (χ2v) is 7.45. The fourth-order valence-electron chi connectivity index (χ4n) is 2.43. The zero-order valence-corrected chi connectivity index (χ0v) is 15.5. The van der Waals surface area contributed by atoms with Crippen LogP contribution >= 0.6 is 0 Å². The average molecular weight is 361 g/mol. The molecular formula is C17H24BN3O5. The molecule has 0 unspecified atom stereocenters. The van der Waals surface area contributed by atoms with E-state index in [9.17, 15) is 9.82 Å². The van der Waals surface area contributed by atoms with Crippen LogP contribution in [0, 0.1) is 11.3 Å². The molecule has 0 aliphatic carbocycles. The minimum absolute atomic E-state index is 0.0430. The van der Waals surface area contributed by atoms with E-state index in [-0.39, 0.29) is 19.8 Å². The highest BCUT2D eigenvalue weighted by molar-refractivity contribution is 6.62. The van der Waals surface area contributed by atoms with Crippen molar-refractivity contribution in [1.82, 2.24) is 5.32 Å². The number of fused-ring (bicyclic) bond motifs is 1. The third-order valence-electron chi connectivity index (χ3n) is 3.64. The topological polar surface area (TPSA) is 127 Å². The highest BCUT2D eigenvalue weighted by Crippen LogP contribution is 2.24. The van der Waals surface area contributed by atoms with Crippen LogP contribution in [0.5, 0.6) is 5.75 Å². The number of benzene rings is 1. The summed E-state index contributed by atoms with van der Waals surface area (Å²) in [6.45, 7) is 7.15. The third kappa shape index (κ3) is 5.11. The minimum Gasteiger partial charge on any atom is -0.490 e. The first-order valence-electron chi connectivity index (χ1n) is 8.26. The number of nitriles is 1. The molecule has 0 saturated carbocycles. The molecule has 140 valence electrons. The fourth-order valence-corrected chi connectivity index (χ4v) is 2.43. The van der Waals surface area contributed by atoms with Crippen molar-refractivity contribution in [2.45, 2.75) is 52.0 Å². The summed E-state index contributed by atoms with van der Waals surface area (Å²) >= 11 is 0. The third-order valence-corrected chi connectivity index (χ3v) is 3.64. The van der Waals surface area contributed by atoms with Crippen molar-refractivity contribution < 1.29 is 23.9 Å². The summed E-state index contributed by atoms with van der Waals surface area (Å²) in [7, 11) is -1.11. The van der Waals surface area contributed by atoms with Gasteiger partial charge in [-0.15, -0.1) is 0 Å². The van der Waals surface area contributed by atoms with E-state index in [2.05, 4.69) is 5.32 Å². The van der Waals surface area contributed by atoms with Gasteiger partial charge in [0.2, 0.25) is 0 Å². The van der Waals surface area contributed by atoms with Gasteiger partial charge >= 0.3 is 13.2 Å². The second kappa shape index (κ2) is 7.54. The van der Waals surface area contributed by atoms with Gasteiger partial charge in [0.05, 0.1) is 12.7 Å². The summed E-state index contributed by atoms with van der Waals surface area (Å²) in [4.78, 5) is 12.0. The first-order valence-corrected chi connectivity index (χ1v) is 8.26. The molecule has 1 aliphatic rings. The van der Waals surface area contributed by atoms with Gasteiger partial charge in [-0.1, -0.05) is 6.07 Å². The largest absolute Gasteiger partial charge is 0.492 e. The molecule has 1 aromatic carbocycles. The highest BCUT2D eigenvalue weighted by Gasteiger charge is 2.32. The van der Waals surface area contributed by atoms with Gasteiger partial charge in [-0.3, -0.25) is 0 Å². The number of nitrogens with one attached hydrogen (secondary N) is 1. The maximum Gasteiger partial charge on any atom is 0.492 e. The van der Waals surface area contributed by atoms with E-state index >= 15 is 0 Å². The smallest absolute Gasteiger partial charge is 0.490 e. The predicted molar refractivity (Wildman–Crippen MR) is 95.6 cm³/mol. The lowest BCUT2D eigenvalue weighted by Crippen LogP contribution is -2.41. The molecule has 2 rings (SSSR count). The van der Waals surface area contributed by atoms with Crippen molar-refractivity contribution in [2.24, 2.45) is 5.73 Å². The number of amides is 1. The van der Waals surface area contributed by atoms with Crippen LogP contribution in [-0.4, -0.2) is 36.0 Å². The summed E-state index contributed by atoms with van der Waals surface area (Å²) in [5.41, 5.74) is 5.93. The molecule has 0 saturated heterocycles. The number of nitrogens with two attached hydrogens (primary N) is 1. The Morgan fingerprint density at radius 3 is 2.77 bits per heavy atom. The van der Waals surface area contributed by atoms with Gasteiger partial charge in [-0.2, -0.15) is 5.26 Å². The Morgan fingerprint density at radius 2 is 2.15 bits per heavy atom. The molecule has 4 N–H and O–H groups in total. The van der Waals surface area contributed by atoms with E-state index in [1.807, 2.05) is 6.07 Å². The molecule has 1 aliphatic heterocycles. The minimum atomic E-state index is -1.16. The first-order chi connectivity index (χ1) is 12.0. The Morgan fingerprint density at radius 1 is 1.46 bits per heavy atom. The molecule has 1 atom stereocenters. The second-order valence-electron chi connectivity index (χ2n) is 7.45. The van der Waals surface area contributed by atoms with Gasteiger partial charge in [0.25, 0.3) is 0 Å². The van der Waals surface area contributed by atoms with E-state index in [1.165, 1.54) is 0 Å². The summed E-state index contributed by atoms with van der Waals surface area (Å²) in [6, 6.07) is 5.44. The standard InChI is InChI=1S/C17H24BN3O5/c1-16(2,3)26-15(22)21-7-12-13(24-10-17(4,20)9-19)6-5-11-8-25-18(23)14(11)12/h5-6,23H,7-8,10,20H2,1-4H3,(H,21,22)/t17-/m1/s1. The molecule has 0 radical (unpaired) electrons. The van der Waals surface area contributed by atoms with Crippen molar-refractivity contribution in [3.8, 4) is 11.8 Å². The van der Waals surface area contributed by atoms with E-state index in [4.69, 9.17) is 25.1 Å². The highest BCUT2D eigenvalue weighted by atomic mass is 16.6. The SMILES string of the molecule is CC(C)(C)OC(=O)NCc1c(OC[C@](C)(N)C#N)ccc2c1B(O)OC2. The number of carbonyl (C=O) groups excluding carboxylic acids is 1. The van der Waals surface area contributed by atoms with E-state index in [0.29, 0.717) is 16.8 Å². The number of rotatable bonds is 5. The van der Waals surface area contributed by atoms with Crippen molar-refractivity contribution >= 4 is 18.7 Å². The Bertz CT molecular complexity index is 724. The van der Waals surface area contributed by atoms with Gasteiger partial charge in [-0.25, -0.2) is 4.79 Å². The lowest BCUT2D eigenvalue weighted by molar-refractivity contribution is 0.0523. The zero-order chi connectivity index (χ0) is 19.5. The van der Waals surface area contributed by atoms with Gasteiger partial charge in [-0.05, 0) is 44.8 Å². The molecule has 0 fully saturated rings. The van der Waals surface area contributed by atoms with E-state index in [0.717, 1.165) is 5.56 Å². The fraction of sp³-hybridized carbons (Fsp3) is 0.529. The van der Waals surface area contributed by atoms with Crippen LogP contribution in [0.3, 0.4) is 0 Å². The number of carbonyl (C=O) groups is 1. The van der Waals surface area contributed by atoms with E-state index < -0.39 is 24.4 Å². The normalized spacial score (nSPS) is 15.7. The molecule has 26 heavy (non-hydrogen) atoms. The Labute approximate surface area is 153 Å². The van der Waals surface area contributed by atoms with Gasteiger partial charge in [0, 0.05) is 12.1 Å². The molecule has 8 nitrogen and oxygen atoms in total. The van der Waals surface area contributed by atoms with Gasteiger partial charge in [0.1, 0.15) is 23.5 Å². The monoisotopic (exact) mass is 361 g/mol. The van der Waals surface area contributed by atoms with Crippen molar-refractivity contribution in [1.29, 1.82) is 5.26 Å². The van der Waals surface area contributed by atoms with Crippen LogP contribution in [0.25, 0.3) is 0 Å². The molecule has 0 aromatic heterocycles. The van der Waals surface area contributed by atoms with Crippen molar-refractivity contribution in [3.05, 3.63) is 23.3 Å². The van der Waals surface area contributed by atoms with Gasteiger partial charge in [0.15, 0.2) is 0 Å². The van der Waals surface area contributed by atoms with Crippen LogP contribution in [0.15, 0.2) is 12.1 Å². The lowest BCUT2D eigenvalue weighted by atomic mass is 9.76. The lowest BCUT2D eigenvalue weighted by Gasteiger charge is -2.22. The Hall–Kier alpha value is -2.28. The number of alkyl carbamates (subject to hydrolysis) is 1. The number of hydrogen-bond acceptors (Lipinski definition) is 7. The van der Waals surface area contributed by atoms with Crippen LogP contribution < -0.4 is 21.3 Å². The summed E-state index contributed by atoms with van der Waals surface area (Å²) in [5.74, 6) is 0.413. The van der Waals surface area contributed by atoms with Crippen LogP contribution in [0.1, 0.15) is 38.8 Å². The number of ether oxygens (including phenoxy) is 2. The van der Waals surface area contributed by atoms with Crippen LogP contribution in [0.4, 0.5) is 4.79 Å². The summed E-state index contributed by atoms with van der Waals surface area (Å²) in [6.07, 6.45) is -0.588. The molecule has 0 spiro atoms. The van der Waals surface area contributed by atoms with Crippen molar-refractivity contribution in [3.63, 3.8) is 0 Å². The quantitative estimate of drug-likeness (QED) is 0.654. The van der Waals surface area contributed by atoms with Gasteiger partial charge < -0.3 is 30.2 Å². The maximum absolute atomic E-state index is 12.0. The molecular weight excluding hydrogens is 337 g/mol. The number of nitrogens with zero attached hydrogens (tertiary/aromatic N) is 1. The average Bonchev–Trinajstić information content (AvgIpc) is 2.91. The Balaban J connectivity index is 2.22. The van der Waals surface area contributed by atoms with E-state index in [1.54, 1.807) is 39.8 Å². The number of hydrogen-bond donors (Lipinski definition) is 3. The van der Waals surface area contributed by atoms with Crippen LogP contribution in [-0.2, 0) is 22.5 Å². The maximum atomic E-state index is 12.0. The molecule has 9 heteroatoms. The molecule has 1 heterocycles. The zero-order valence-electron chi connectivity index (χ0n) is 15.5. The molecule has 1 amide bonds. The summed E-state index contributed by atoms with van der Waals surface area (Å²) in [5, 5.41) is 21.8. The predicted octanol–water partition coefficient (Wildman–Crippen LogP) is 0.549. The molecule has 0 bridgehead atoms. The van der Waals surface area contributed by atoms with Crippen molar-refractivity contribution in [2.75, 3.05) is 6.61 Å². The van der Waals surface area contributed by atoms with Crippen LogP contribution in [0.2, 0.25) is 0 Å². The summed E-state index contributed by atoms with van der Waals surface area (Å²) < 4.78 is 16.2. The molecule has 1 aromatic rings. The Kier molecular flexibility index (Phi) is 5.81. The first kappa shape index (κ1) is 20.0.